The van der Waals surface area contributed by atoms with Crippen LogP contribution < -0.4 is 5.32 Å². The zero-order valence-electron chi connectivity index (χ0n) is 8.97. The van der Waals surface area contributed by atoms with E-state index >= 15 is 0 Å². The number of hydrogen-bond acceptors (Lipinski definition) is 4. The molecule has 0 aliphatic carbocycles. The quantitative estimate of drug-likeness (QED) is 0.805. The lowest BCUT2D eigenvalue weighted by Crippen LogP contribution is -2.31. The number of carbonyl (C=O) groups excluding carboxylic acids is 1. The molecule has 1 unspecified atom stereocenters. The molecule has 8 heteroatoms. The number of carbonyl (C=O) groups is 1. The first-order valence-electron chi connectivity index (χ1n) is 5.25. The number of rotatable bonds is 2. The second-order valence-corrected chi connectivity index (χ2v) is 6.46. The summed E-state index contributed by atoms with van der Waals surface area (Å²) in [6.45, 7) is 0.650. The van der Waals surface area contributed by atoms with Gasteiger partial charge in [0, 0.05) is 23.4 Å². The maximum absolute atomic E-state index is 11.7. The van der Waals surface area contributed by atoms with Crippen LogP contribution in [0.15, 0.2) is 17.3 Å². The van der Waals surface area contributed by atoms with Gasteiger partial charge in [-0.15, -0.1) is 0 Å². The first-order chi connectivity index (χ1) is 7.98. The molecule has 1 aromatic rings. The van der Waals surface area contributed by atoms with Gasteiger partial charge in [-0.1, -0.05) is 0 Å². The number of amides is 1. The number of nitrogens with zero attached hydrogens (tertiary/aromatic N) is 2. The third-order valence-electron chi connectivity index (χ3n) is 2.68. The van der Waals surface area contributed by atoms with Gasteiger partial charge in [0.1, 0.15) is 10.9 Å². The smallest absolute Gasteiger partial charge is 0.264 e. The molecular weight excluding hydrogens is 266 g/mol. The Kier molecular flexibility index (Phi) is 3.39. The van der Waals surface area contributed by atoms with E-state index in [0.29, 0.717) is 13.0 Å². The van der Waals surface area contributed by atoms with Crippen molar-refractivity contribution < 1.29 is 13.2 Å². The van der Waals surface area contributed by atoms with E-state index in [2.05, 4.69) is 10.4 Å². The van der Waals surface area contributed by atoms with E-state index in [1.165, 1.54) is 10.9 Å². The fourth-order valence-electron chi connectivity index (χ4n) is 1.79. The van der Waals surface area contributed by atoms with Crippen molar-refractivity contribution in [2.75, 3.05) is 6.54 Å². The number of hydrogen-bond donors (Lipinski definition) is 1. The molecule has 1 aromatic heterocycles. The molecule has 17 heavy (non-hydrogen) atoms. The van der Waals surface area contributed by atoms with Crippen LogP contribution in [0.5, 0.6) is 0 Å². The minimum absolute atomic E-state index is 0.0868. The summed E-state index contributed by atoms with van der Waals surface area (Å²) >= 11 is 0. The highest BCUT2D eigenvalue weighted by molar-refractivity contribution is 8.13. The summed E-state index contributed by atoms with van der Waals surface area (Å²) in [6, 6.07) is -0.454. The van der Waals surface area contributed by atoms with Gasteiger partial charge in [0.2, 0.25) is 5.91 Å². The van der Waals surface area contributed by atoms with E-state index in [4.69, 9.17) is 10.7 Å². The van der Waals surface area contributed by atoms with Crippen LogP contribution in [0.2, 0.25) is 0 Å². The Bertz CT molecular complexity index is 525. The van der Waals surface area contributed by atoms with Gasteiger partial charge in [0.15, 0.2) is 0 Å². The number of aromatic nitrogens is 2. The van der Waals surface area contributed by atoms with E-state index in [-0.39, 0.29) is 10.8 Å². The first-order valence-corrected chi connectivity index (χ1v) is 7.56. The maximum atomic E-state index is 11.7. The van der Waals surface area contributed by atoms with Gasteiger partial charge in [0.05, 0.1) is 6.20 Å². The summed E-state index contributed by atoms with van der Waals surface area (Å²) in [4.78, 5) is 11.6. The van der Waals surface area contributed by atoms with Gasteiger partial charge in [-0.2, -0.15) is 5.10 Å². The summed E-state index contributed by atoms with van der Waals surface area (Å²) in [6.07, 6.45) is 4.91. The Morgan fingerprint density at radius 3 is 2.88 bits per heavy atom. The van der Waals surface area contributed by atoms with Gasteiger partial charge >= 0.3 is 0 Å². The predicted octanol–water partition coefficient (Wildman–Crippen LogP) is 0.652. The molecule has 0 spiro atoms. The van der Waals surface area contributed by atoms with Crippen molar-refractivity contribution in [2.24, 2.45) is 0 Å². The van der Waals surface area contributed by atoms with E-state index in [1.54, 1.807) is 0 Å². The van der Waals surface area contributed by atoms with E-state index in [9.17, 15) is 13.2 Å². The second-order valence-electron chi connectivity index (χ2n) is 3.90. The zero-order chi connectivity index (χ0) is 12.5. The van der Waals surface area contributed by atoms with Gasteiger partial charge in [-0.3, -0.25) is 9.48 Å². The minimum atomic E-state index is -3.79. The van der Waals surface area contributed by atoms with Gasteiger partial charge in [-0.05, 0) is 19.3 Å². The molecule has 1 amide bonds. The highest BCUT2D eigenvalue weighted by Gasteiger charge is 2.24. The molecule has 1 N–H and O–H groups in total. The highest BCUT2D eigenvalue weighted by atomic mass is 35.7. The molecule has 1 aliphatic rings. The molecule has 0 bridgehead atoms. The van der Waals surface area contributed by atoms with Crippen molar-refractivity contribution in [3.8, 4) is 0 Å². The Hall–Kier alpha value is -1.08. The number of nitrogens with one attached hydrogen (secondary N) is 1. The highest BCUT2D eigenvalue weighted by Crippen LogP contribution is 2.20. The summed E-state index contributed by atoms with van der Waals surface area (Å²) < 4.78 is 23.5. The van der Waals surface area contributed by atoms with Crippen molar-refractivity contribution in [1.29, 1.82) is 0 Å². The van der Waals surface area contributed by atoms with Crippen LogP contribution in [-0.2, 0) is 13.8 Å². The van der Waals surface area contributed by atoms with Crippen molar-refractivity contribution in [2.45, 2.75) is 30.2 Å². The second kappa shape index (κ2) is 4.66. The Labute approximate surface area is 103 Å². The first kappa shape index (κ1) is 12.4. The summed E-state index contributed by atoms with van der Waals surface area (Å²) in [7, 11) is 1.41. The minimum Gasteiger partial charge on any atom is -0.354 e. The molecule has 0 radical (unpaired) electrons. The summed E-state index contributed by atoms with van der Waals surface area (Å²) in [5.74, 6) is -0.135. The third kappa shape index (κ3) is 2.78. The standard InChI is InChI=1S/C9H12ClN3O3S/c10-17(15,16)7-5-12-13(6-7)8-3-1-2-4-11-9(8)14/h5-6,8H,1-4H2,(H,11,14). The van der Waals surface area contributed by atoms with Crippen LogP contribution in [-0.4, -0.2) is 30.7 Å². The molecule has 6 nitrogen and oxygen atoms in total. The van der Waals surface area contributed by atoms with Crippen LogP contribution >= 0.6 is 10.7 Å². The van der Waals surface area contributed by atoms with E-state index in [0.717, 1.165) is 19.0 Å². The molecule has 0 saturated carbocycles. The van der Waals surface area contributed by atoms with Gasteiger partial charge in [0.25, 0.3) is 9.05 Å². The van der Waals surface area contributed by atoms with E-state index in [1.807, 2.05) is 0 Å². The van der Waals surface area contributed by atoms with E-state index < -0.39 is 15.1 Å². The summed E-state index contributed by atoms with van der Waals surface area (Å²) in [5, 5.41) is 6.65. The molecule has 1 atom stereocenters. The lowest BCUT2D eigenvalue weighted by molar-refractivity contribution is -0.124. The molecule has 1 fully saturated rings. The van der Waals surface area contributed by atoms with Crippen molar-refractivity contribution in [3.63, 3.8) is 0 Å². The molecule has 1 saturated heterocycles. The zero-order valence-corrected chi connectivity index (χ0v) is 10.5. The Balaban J connectivity index is 2.27. The van der Waals surface area contributed by atoms with Crippen molar-refractivity contribution >= 4 is 25.6 Å². The van der Waals surface area contributed by atoms with Crippen LogP contribution in [0.3, 0.4) is 0 Å². The van der Waals surface area contributed by atoms with Crippen LogP contribution in [0.4, 0.5) is 0 Å². The van der Waals surface area contributed by atoms with Crippen molar-refractivity contribution in [1.82, 2.24) is 15.1 Å². The molecule has 1 aliphatic heterocycles. The lowest BCUT2D eigenvalue weighted by atomic mass is 10.1. The van der Waals surface area contributed by atoms with Gasteiger partial charge < -0.3 is 5.32 Å². The average molecular weight is 278 g/mol. The Morgan fingerprint density at radius 1 is 1.47 bits per heavy atom. The normalized spacial score (nSPS) is 21.9. The van der Waals surface area contributed by atoms with Crippen LogP contribution in [0.1, 0.15) is 25.3 Å². The molecular formula is C9H12ClN3O3S. The largest absolute Gasteiger partial charge is 0.354 e. The fraction of sp³-hybridized carbons (Fsp3) is 0.556. The molecule has 94 valence electrons. The third-order valence-corrected chi connectivity index (χ3v) is 3.99. The fourth-order valence-corrected chi connectivity index (χ4v) is 2.44. The van der Waals surface area contributed by atoms with Crippen LogP contribution in [0.25, 0.3) is 0 Å². The topological polar surface area (TPSA) is 81.1 Å². The SMILES string of the molecule is O=C1NCCCCC1n1cc(S(=O)(=O)Cl)cn1. The molecule has 2 heterocycles. The maximum Gasteiger partial charge on any atom is 0.264 e. The lowest BCUT2D eigenvalue weighted by Gasteiger charge is -2.12. The summed E-state index contributed by atoms with van der Waals surface area (Å²) in [5.41, 5.74) is 0. The molecule has 2 rings (SSSR count). The number of halogens is 1. The monoisotopic (exact) mass is 277 g/mol. The van der Waals surface area contributed by atoms with Crippen molar-refractivity contribution in [3.05, 3.63) is 12.4 Å². The average Bonchev–Trinajstić information content (AvgIpc) is 2.63. The van der Waals surface area contributed by atoms with Crippen LogP contribution in [0, 0.1) is 0 Å². The van der Waals surface area contributed by atoms with Gasteiger partial charge in [-0.25, -0.2) is 8.42 Å². The molecule has 0 aromatic carbocycles. The predicted molar refractivity (Wildman–Crippen MR) is 61.2 cm³/mol. The Morgan fingerprint density at radius 2 is 2.24 bits per heavy atom.